The molecule has 1 aliphatic rings. The van der Waals surface area contributed by atoms with Crippen LogP contribution in [-0.4, -0.2) is 48.6 Å². The highest BCUT2D eigenvalue weighted by Crippen LogP contribution is 2.20. The first kappa shape index (κ1) is 14.5. The van der Waals surface area contributed by atoms with E-state index in [2.05, 4.69) is 0 Å². The topological polar surface area (TPSA) is 57.6 Å². The summed E-state index contributed by atoms with van der Waals surface area (Å²) in [6.45, 7) is 5.43. The Morgan fingerprint density at radius 3 is 2.37 bits per heavy atom. The van der Waals surface area contributed by atoms with E-state index in [9.17, 15) is 13.5 Å². The van der Waals surface area contributed by atoms with Crippen LogP contribution in [0.4, 0.5) is 0 Å². The van der Waals surface area contributed by atoms with Crippen LogP contribution in [0, 0.1) is 6.92 Å². The Balaban J connectivity index is 2.10. The van der Waals surface area contributed by atoms with Gasteiger partial charge in [0.15, 0.2) is 9.84 Å². The van der Waals surface area contributed by atoms with Gasteiger partial charge in [0.1, 0.15) is 0 Å². The molecule has 1 fully saturated rings. The van der Waals surface area contributed by atoms with Crippen molar-refractivity contribution >= 4 is 9.84 Å². The van der Waals surface area contributed by atoms with E-state index in [4.69, 9.17) is 0 Å². The van der Waals surface area contributed by atoms with Gasteiger partial charge in [0.25, 0.3) is 0 Å². The Morgan fingerprint density at radius 1 is 1.26 bits per heavy atom. The van der Waals surface area contributed by atoms with Crippen LogP contribution in [0.1, 0.15) is 18.1 Å². The van der Waals surface area contributed by atoms with Crippen LogP contribution in [0.15, 0.2) is 24.3 Å². The predicted octanol–water partition coefficient (Wildman–Crippen LogP) is 0.975. The largest absolute Gasteiger partial charge is 0.390 e. The number of benzene rings is 1. The molecule has 0 unspecified atom stereocenters. The molecule has 0 aliphatic carbocycles. The number of aliphatic hydroxyl groups excluding tert-OH is 1. The number of hydrogen-bond acceptors (Lipinski definition) is 4. The molecule has 1 N–H and O–H groups in total. The Bertz CT molecular complexity index is 524. The van der Waals surface area contributed by atoms with Crippen LogP contribution in [0.5, 0.6) is 0 Å². The van der Waals surface area contributed by atoms with Crippen molar-refractivity contribution in [2.24, 2.45) is 0 Å². The molecular weight excluding hydrogens is 262 g/mol. The quantitative estimate of drug-likeness (QED) is 0.895. The van der Waals surface area contributed by atoms with Gasteiger partial charge in [0.2, 0.25) is 0 Å². The molecule has 1 saturated heterocycles. The minimum atomic E-state index is -3.09. The highest BCUT2D eigenvalue weighted by atomic mass is 32.2. The van der Waals surface area contributed by atoms with Gasteiger partial charge < -0.3 is 5.11 Å². The van der Waals surface area contributed by atoms with Gasteiger partial charge in [0, 0.05) is 6.54 Å². The fraction of sp³-hybridized carbons (Fsp3) is 0.571. The zero-order valence-corrected chi connectivity index (χ0v) is 12.2. The van der Waals surface area contributed by atoms with E-state index in [0.717, 1.165) is 12.1 Å². The molecule has 1 aliphatic heterocycles. The summed E-state index contributed by atoms with van der Waals surface area (Å²) in [5, 5.41) is 9.93. The fourth-order valence-corrected chi connectivity index (χ4v) is 4.38. The monoisotopic (exact) mass is 283 g/mol. The SMILES string of the molecule is CCN(Cc1ccc(C)cc1)[C@H]1CS(=O)(=O)C[C@H]1O. The molecule has 0 aromatic heterocycles. The van der Waals surface area contributed by atoms with E-state index in [1.807, 2.05) is 43.0 Å². The van der Waals surface area contributed by atoms with E-state index in [1.54, 1.807) is 0 Å². The molecule has 4 nitrogen and oxygen atoms in total. The molecule has 1 aromatic carbocycles. The smallest absolute Gasteiger partial charge is 0.154 e. The number of nitrogens with zero attached hydrogens (tertiary/aromatic N) is 1. The lowest BCUT2D eigenvalue weighted by Gasteiger charge is -2.28. The molecule has 19 heavy (non-hydrogen) atoms. The van der Waals surface area contributed by atoms with Gasteiger partial charge in [-0.1, -0.05) is 36.8 Å². The van der Waals surface area contributed by atoms with Crippen molar-refractivity contribution in [1.82, 2.24) is 4.90 Å². The van der Waals surface area contributed by atoms with E-state index in [-0.39, 0.29) is 17.5 Å². The zero-order chi connectivity index (χ0) is 14.0. The lowest BCUT2D eigenvalue weighted by atomic mass is 10.1. The summed E-state index contributed by atoms with van der Waals surface area (Å²) in [6.07, 6.45) is -0.768. The summed E-state index contributed by atoms with van der Waals surface area (Å²) in [4.78, 5) is 2.04. The van der Waals surface area contributed by atoms with Gasteiger partial charge in [-0.05, 0) is 19.0 Å². The van der Waals surface area contributed by atoms with Crippen molar-refractivity contribution in [3.8, 4) is 0 Å². The lowest BCUT2D eigenvalue weighted by molar-refractivity contribution is 0.0818. The molecular formula is C14H21NO3S. The summed E-state index contributed by atoms with van der Waals surface area (Å²) in [7, 11) is -3.09. The average Bonchev–Trinajstić information content (AvgIpc) is 2.62. The van der Waals surface area contributed by atoms with Gasteiger partial charge in [-0.3, -0.25) is 4.90 Å². The molecule has 0 saturated carbocycles. The third kappa shape index (κ3) is 3.55. The lowest BCUT2D eigenvalue weighted by Crippen LogP contribution is -2.42. The van der Waals surface area contributed by atoms with Gasteiger partial charge in [0.05, 0.1) is 23.7 Å². The second-order valence-electron chi connectivity index (χ2n) is 5.26. The van der Waals surface area contributed by atoms with Crippen molar-refractivity contribution in [2.75, 3.05) is 18.1 Å². The normalized spacial score (nSPS) is 25.9. The third-order valence-corrected chi connectivity index (χ3v) is 5.37. The van der Waals surface area contributed by atoms with Crippen LogP contribution in [0.3, 0.4) is 0 Å². The summed E-state index contributed by atoms with van der Waals surface area (Å²) in [5.74, 6) is -0.0457. The maximum absolute atomic E-state index is 11.6. The molecule has 5 heteroatoms. The fourth-order valence-electron chi connectivity index (χ4n) is 2.55. The summed E-state index contributed by atoms with van der Waals surface area (Å²) < 4.78 is 23.2. The first-order valence-electron chi connectivity index (χ1n) is 6.59. The van der Waals surface area contributed by atoms with Gasteiger partial charge in [-0.25, -0.2) is 8.42 Å². The number of rotatable bonds is 4. The van der Waals surface area contributed by atoms with Crippen molar-refractivity contribution in [2.45, 2.75) is 32.5 Å². The molecule has 0 bridgehead atoms. The molecule has 0 amide bonds. The van der Waals surface area contributed by atoms with Gasteiger partial charge in [-0.2, -0.15) is 0 Å². The van der Waals surface area contributed by atoms with Gasteiger partial charge >= 0.3 is 0 Å². The maximum atomic E-state index is 11.6. The second kappa shape index (κ2) is 5.61. The highest BCUT2D eigenvalue weighted by molar-refractivity contribution is 7.91. The van der Waals surface area contributed by atoms with E-state index >= 15 is 0 Å². The molecule has 106 valence electrons. The summed E-state index contributed by atoms with van der Waals surface area (Å²) >= 11 is 0. The average molecular weight is 283 g/mol. The minimum Gasteiger partial charge on any atom is -0.390 e. The van der Waals surface area contributed by atoms with Gasteiger partial charge in [-0.15, -0.1) is 0 Å². The molecule has 2 rings (SSSR count). The third-order valence-electron chi connectivity index (χ3n) is 3.68. The Hall–Kier alpha value is -0.910. The van der Waals surface area contributed by atoms with Crippen molar-refractivity contribution in [3.63, 3.8) is 0 Å². The Kier molecular flexibility index (Phi) is 4.28. The molecule has 0 spiro atoms. The summed E-state index contributed by atoms with van der Waals surface area (Å²) in [6, 6.07) is 7.91. The van der Waals surface area contributed by atoms with Crippen LogP contribution in [0.25, 0.3) is 0 Å². The molecule has 0 radical (unpaired) electrons. The van der Waals surface area contributed by atoms with E-state index in [0.29, 0.717) is 6.54 Å². The minimum absolute atomic E-state index is 0.0634. The van der Waals surface area contributed by atoms with E-state index < -0.39 is 15.9 Å². The zero-order valence-electron chi connectivity index (χ0n) is 11.4. The number of likely N-dealkylation sites (N-methyl/N-ethyl adjacent to an activating group) is 1. The van der Waals surface area contributed by atoms with Crippen LogP contribution >= 0.6 is 0 Å². The van der Waals surface area contributed by atoms with Crippen molar-refractivity contribution in [1.29, 1.82) is 0 Å². The maximum Gasteiger partial charge on any atom is 0.154 e. The first-order valence-corrected chi connectivity index (χ1v) is 8.41. The van der Waals surface area contributed by atoms with Crippen molar-refractivity contribution < 1.29 is 13.5 Å². The second-order valence-corrected chi connectivity index (χ2v) is 7.41. The van der Waals surface area contributed by atoms with Crippen LogP contribution in [0.2, 0.25) is 0 Å². The predicted molar refractivity (Wildman–Crippen MR) is 75.7 cm³/mol. The standard InChI is InChI=1S/C14H21NO3S/c1-3-15(8-12-6-4-11(2)5-7-12)13-9-19(17,18)10-14(13)16/h4-7,13-14,16H,3,8-10H2,1-2H3/t13-,14+/m0/s1. The summed E-state index contributed by atoms with van der Waals surface area (Å²) in [5.41, 5.74) is 2.35. The molecule has 1 aromatic rings. The number of hydrogen-bond donors (Lipinski definition) is 1. The highest BCUT2D eigenvalue weighted by Gasteiger charge is 2.39. The van der Waals surface area contributed by atoms with Crippen LogP contribution in [-0.2, 0) is 16.4 Å². The van der Waals surface area contributed by atoms with E-state index in [1.165, 1.54) is 5.56 Å². The Labute approximate surface area is 115 Å². The Morgan fingerprint density at radius 2 is 1.89 bits per heavy atom. The molecule has 2 atom stereocenters. The van der Waals surface area contributed by atoms with Crippen molar-refractivity contribution in [3.05, 3.63) is 35.4 Å². The number of aryl methyl sites for hydroxylation is 1. The molecule has 1 heterocycles. The number of aliphatic hydroxyl groups is 1. The number of sulfone groups is 1. The first-order chi connectivity index (χ1) is 8.91. The van der Waals surface area contributed by atoms with Crippen LogP contribution < -0.4 is 0 Å².